The Morgan fingerprint density at radius 2 is 1.48 bits per heavy atom. The molecule has 0 N–H and O–H groups in total. The van der Waals surface area contributed by atoms with Crippen LogP contribution in [0.1, 0.15) is 25.0 Å². The number of methoxy groups -OCH3 is 1. The number of benzene rings is 2. The molecule has 0 fully saturated rings. The second-order valence-electron chi connectivity index (χ2n) is 5.42. The van der Waals surface area contributed by atoms with Crippen LogP contribution in [0.2, 0.25) is 0 Å². The molecule has 0 aliphatic rings. The molecule has 2 aromatic carbocycles. The average molecular weight is 278 g/mol. The largest absolute Gasteiger partial charge is 0.468 e. The molecule has 0 unspecified atom stereocenters. The molecule has 0 saturated carbocycles. The molecule has 0 aliphatic carbocycles. The van der Waals surface area contributed by atoms with Crippen LogP contribution in [-0.2, 0) is 14.9 Å². The second-order valence-corrected chi connectivity index (χ2v) is 5.42. The predicted molar refractivity (Wildman–Crippen MR) is 84.9 cm³/mol. The zero-order chi connectivity index (χ0) is 15.5. The van der Waals surface area contributed by atoms with E-state index in [1.807, 2.05) is 62.4 Å². The van der Waals surface area contributed by atoms with Crippen LogP contribution in [-0.4, -0.2) is 13.1 Å². The van der Waals surface area contributed by atoms with Crippen LogP contribution in [0.5, 0.6) is 0 Å². The summed E-state index contributed by atoms with van der Waals surface area (Å²) < 4.78 is 4.85. The molecule has 2 nitrogen and oxygen atoms in total. The predicted octanol–water partition coefficient (Wildman–Crippen LogP) is 3.79. The molecular formula is C19H18O2. The summed E-state index contributed by atoms with van der Waals surface area (Å²) in [4.78, 5) is 11.8. The Hall–Kier alpha value is -2.53. The highest BCUT2D eigenvalue weighted by Gasteiger charge is 2.30. The van der Waals surface area contributed by atoms with Crippen molar-refractivity contribution in [3.63, 3.8) is 0 Å². The van der Waals surface area contributed by atoms with Gasteiger partial charge in [-0.25, -0.2) is 0 Å². The summed E-state index contributed by atoms with van der Waals surface area (Å²) in [5.74, 6) is 2.36. The zero-order valence-corrected chi connectivity index (χ0v) is 12.5. The van der Waals surface area contributed by atoms with Crippen molar-refractivity contribution in [1.82, 2.24) is 0 Å². The van der Waals surface area contributed by atoms with E-state index in [0.29, 0.717) is 0 Å². The SMILES string of the molecule is C#Cc1ccc(-c2ccc(C(C)(C)C(=O)OC)cc2)cc1. The van der Waals surface area contributed by atoms with Crippen molar-refractivity contribution in [1.29, 1.82) is 0 Å². The highest BCUT2D eigenvalue weighted by atomic mass is 16.5. The van der Waals surface area contributed by atoms with Crippen LogP contribution in [0.4, 0.5) is 0 Å². The van der Waals surface area contributed by atoms with Crippen LogP contribution in [0.25, 0.3) is 11.1 Å². The van der Waals surface area contributed by atoms with Crippen molar-refractivity contribution in [2.75, 3.05) is 7.11 Å². The number of carbonyl (C=O) groups is 1. The molecule has 0 radical (unpaired) electrons. The summed E-state index contributed by atoms with van der Waals surface area (Å²) in [6.45, 7) is 3.71. The molecule has 0 bridgehead atoms. The van der Waals surface area contributed by atoms with Gasteiger partial charge >= 0.3 is 5.97 Å². The third-order valence-electron chi connectivity index (χ3n) is 3.69. The number of terminal acetylenes is 1. The van der Waals surface area contributed by atoms with Crippen LogP contribution < -0.4 is 0 Å². The lowest BCUT2D eigenvalue weighted by Gasteiger charge is -2.22. The van der Waals surface area contributed by atoms with E-state index in [0.717, 1.165) is 22.3 Å². The van der Waals surface area contributed by atoms with E-state index in [9.17, 15) is 4.79 Å². The van der Waals surface area contributed by atoms with E-state index in [4.69, 9.17) is 11.2 Å². The van der Waals surface area contributed by atoms with Gasteiger partial charge in [0.25, 0.3) is 0 Å². The Morgan fingerprint density at radius 3 is 1.90 bits per heavy atom. The summed E-state index contributed by atoms with van der Waals surface area (Å²) in [6, 6.07) is 15.8. The van der Waals surface area contributed by atoms with Crippen LogP contribution in [0, 0.1) is 12.3 Å². The lowest BCUT2D eigenvalue weighted by molar-refractivity contribution is -0.146. The highest BCUT2D eigenvalue weighted by molar-refractivity contribution is 5.82. The molecule has 2 aromatic rings. The Kier molecular flexibility index (Phi) is 4.14. The van der Waals surface area contributed by atoms with Gasteiger partial charge in [0.15, 0.2) is 0 Å². The summed E-state index contributed by atoms with van der Waals surface area (Å²) in [5.41, 5.74) is 3.32. The van der Waals surface area contributed by atoms with E-state index in [2.05, 4.69) is 5.92 Å². The van der Waals surface area contributed by atoms with Gasteiger partial charge in [-0.05, 0) is 42.7 Å². The van der Waals surface area contributed by atoms with Crippen LogP contribution >= 0.6 is 0 Å². The van der Waals surface area contributed by atoms with E-state index >= 15 is 0 Å². The van der Waals surface area contributed by atoms with Gasteiger partial charge < -0.3 is 4.74 Å². The second kappa shape index (κ2) is 5.85. The number of esters is 1. The molecule has 0 heterocycles. The maximum Gasteiger partial charge on any atom is 0.315 e. The number of ether oxygens (including phenoxy) is 1. The molecule has 21 heavy (non-hydrogen) atoms. The first-order valence-corrected chi connectivity index (χ1v) is 6.75. The van der Waals surface area contributed by atoms with Crippen LogP contribution in [0.3, 0.4) is 0 Å². The zero-order valence-electron chi connectivity index (χ0n) is 12.5. The van der Waals surface area contributed by atoms with Crippen LogP contribution in [0.15, 0.2) is 48.5 Å². The normalized spacial score (nSPS) is 10.8. The quantitative estimate of drug-likeness (QED) is 0.631. The number of hydrogen-bond acceptors (Lipinski definition) is 2. The number of hydrogen-bond donors (Lipinski definition) is 0. The van der Waals surface area contributed by atoms with E-state index < -0.39 is 5.41 Å². The van der Waals surface area contributed by atoms with Crippen molar-refractivity contribution in [3.05, 3.63) is 59.7 Å². The Bertz CT molecular complexity index is 671. The fraction of sp³-hybridized carbons (Fsp3) is 0.211. The van der Waals surface area contributed by atoms with Gasteiger partial charge in [-0.3, -0.25) is 4.79 Å². The van der Waals surface area contributed by atoms with Gasteiger partial charge in [0, 0.05) is 5.56 Å². The number of rotatable bonds is 3. The molecule has 2 heteroatoms. The minimum atomic E-state index is -0.652. The van der Waals surface area contributed by atoms with Gasteiger partial charge in [0.05, 0.1) is 12.5 Å². The topological polar surface area (TPSA) is 26.3 Å². The van der Waals surface area contributed by atoms with E-state index in [-0.39, 0.29) is 5.97 Å². The summed E-state index contributed by atoms with van der Waals surface area (Å²) in [7, 11) is 1.41. The Morgan fingerprint density at radius 1 is 1.00 bits per heavy atom. The monoisotopic (exact) mass is 278 g/mol. The first-order chi connectivity index (χ1) is 9.98. The van der Waals surface area contributed by atoms with Gasteiger partial charge in [0.1, 0.15) is 0 Å². The first kappa shape index (κ1) is 14.9. The molecule has 0 aliphatic heterocycles. The fourth-order valence-electron chi connectivity index (χ4n) is 2.21. The molecule has 2 rings (SSSR count). The molecule has 0 spiro atoms. The Labute approximate surface area is 125 Å². The molecule has 0 aromatic heterocycles. The lowest BCUT2D eigenvalue weighted by Crippen LogP contribution is -2.30. The van der Waals surface area contributed by atoms with Gasteiger partial charge in [-0.2, -0.15) is 0 Å². The molecule has 0 saturated heterocycles. The van der Waals surface area contributed by atoms with E-state index in [1.165, 1.54) is 7.11 Å². The molecular weight excluding hydrogens is 260 g/mol. The maximum absolute atomic E-state index is 11.8. The minimum absolute atomic E-state index is 0.242. The summed E-state index contributed by atoms with van der Waals surface area (Å²) in [5, 5.41) is 0. The first-order valence-electron chi connectivity index (χ1n) is 6.75. The van der Waals surface area contributed by atoms with Gasteiger partial charge in [-0.15, -0.1) is 6.42 Å². The maximum atomic E-state index is 11.8. The van der Waals surface area contributed by atoms with E-state index in [1.54, 1.807) is 0 Å². The smallest absolute Gasteiger partial charge is 0.315 e. The van der Waals surface area contributed by atoms with Crippen molar-refractivity contribution >= 4 is 5.97 Å². The molecule has 0 amide bonds. The lowest BCUT2D eigenvalue weighted by atomic mass is 9.84. The van der Waals surface area contributed by atoms with Crippen molar-refractivity contribution in [3.8, 4) is 23.5 Å². The summed E-state index contributed by atoms with van der Waals surface area (Å²) in [6.07, 6.45) is 5.35. The summed E-state index contributed by atoms with van der Waals surface area (Å²) >= 11 is 0. The third-order valence-corrected chi connectivity index (χ3v) is 3.69. The minimum Gasteiger partial charge on any atom is -0.468 e. The van der Waals surface area contributed by atoms with Crippen molar-refractivity contribution in [2.45, 2.75) is 19.3 Å². The van der Waals surface area contributed by atoms with Crippen molar-refractivity contribution < 1.29 is 9.53 Å². The fourth-order valence-corrected chi connectivity index (χ4v) is 2.21. The van der Waals surface area contributed by atoms with Gasteiger partial charge in [0.2, 0.25) is 0 Å². The third kappa shape index (κ3) is 2.98. The Balaban J connectivity index is 2.30. The standard InChI is InChI=1S/C19H18O2/c1-5-14-6-8-15(9-7-14)16-10-12-17(13-11-16)19(2,3)18(20)21-4/h1,6-13H,2-4H3. The number of carbonyl (C=O) groups excluding carboxylic acids is 1. The highest BCUT2D eigenvalue weighted by Crippen LogP contribution is 2.27. The molecule has 0 atom stereocenters. The van der Waals surface area contributed by atoms with Gasteiger partial charge in [-0.1, -0.05) is 42.3 Å². The average Bonchev–Trinajstić information content (AvgIpc) is 2.54. The molecule has 106 valence electrons. The van der Waals surface area contributed by atoms with Crippen molar-refractivity contribution in [2.24, 2.45) is 0 Å².